The second-order valence-electron chi connectivity index (χ2n) is 6.97. The molecule has 0 radical (unpaired) electrons. The third kappa shape index (κ3) is 8.09. The summed E-state index contributed by atoms with van der Waals surface area (Å²) >= 11 is 0. The summed E-state index contributed by atoms with van der Waals surface area (Å²) in [5.41, 5.74) is 3.64. The van der Waals surface area contributed by atoms with Crippen LogP contribution >= 0.6 is 24.8 Å². The fourth-order valence-corrected chi connectivity index (χ4v) is 3.38. The summed E-state index contributed by atoms with van der Waals surface area (Å²) in [5.74, 6) is 0.415. The highest BCUT2D eigenvalue weighted by Crippen LogP contribution is 2.19. The number of guanidine groups is 1. The topological polar surface area (TPSA) is 51.2 Å². The average molecular weight is 423 g/mol. The van der Waals surface area contributed by atoms with Gasteiger partial charge in [-0.15, -0.1) is 24.8 Å². The molecule has 1 aliphatic heterocycles. The van der Waals surface area contributed by atoms with Crippen molar-refractivity contribution >= 4 is 30.8 Å². The largest absolute Gasteiger partial charge is 0.357 e. The molecule has 0 aliphatic carbocycles. The maximum atomic E-state index is 7.98. The van der Waals surface area contributed by atoms with Gasteiger partial charge in [0.05, 0.1) is 0 Å². The number of hydrogen-bond acceptors (Lipinski definition) is 2. The van der Waals surface area contributed by atoms with Crippen molar-refractivity contribution in [1.29, 1.82) is 5.41 Å². The molecule has 6 heteroatoms. The van der Waals surface area contributed by atoms with Crippen LogP contribution in [0.2, 0.25) is 0 Å². The van der Waals surface area contributed by atoms with Crippen molar-refractivity contribution in [2.24, 2.45) is 0 Å². The number of benzene rings is 2. The zero-order chi connectivity index (χ0) is 18.0. The van der Waals surface area contributed by atoms with Crippen LogP contribution in [-0.2, 0) is 6.54 Å². The molecular weight excluding hydrogens is 391 g/mol. The van der Waals surface area contributed by atoms with Crippen molar-refractivity contribution in [1.82, 2.24) is 15.5 Å². The molecule has 0 spiro atoms. The Morgan fingerprint density at radius 1 is 0.821 bits per heavy atom. The smallest absolute Gasteiger partial charge is 0.188 e. The molecular formula is C22H32Cl2N4. The van der Waals surface area contributed by atoms with E-state index in [1.165, 1.54) is 55.6 Å². The van der Waals surface area contributed by atoms with Gasteiger partial charge in [0.1, 0.15) is 0 Å². The Balaban J connectivity index is 0.00000196. The molecule has 1 aliphatic rings. The molecule has 0 unspecified atom stereocenters. The molecule has 2 aromatic carbocycles. The van der Waals surface area contributed by atoms with Crippen LogP contribution in [0.15, 0.2) is 54.6 Å². The van der Waals surface area contributed by atoms with E-state index < -0.39 is 0 Å². The van der Waals surface area contributed by atoms with Crippen molar-refractivity contribution in [3.8, 4) is 11.1 Å². The molecule has 0 atom stereocenters. The first-order valence-corrected chi connectivity index (χ1v) is 9.74. The minimum absolute atomic E-state index is 0. The monoisotopic (exact) mass is 422 g/mol. The lowest BCUT2D eigenvalue weighted by Crippen LogP contribution is -2.36. The van der Waals surface area contributed by atoms with E-state index in [9.17, 15) is 0 Å². The number of halogens is 2. The maximum absolute atomic E-state index is 7.98. The normalized spacial score (nSPS) is 13.3. The predicted octanol–water partition coefficient (Wildman–Crippen LogP) is 4.69. The van der Waals surface area contributed by atoms with E-state index in [2.05, 4.69) is 64.1 Å². The SMILES string of the molecule is Cl.Cl.N=C(NCCCCN1CCCC1)NCc1ccc(-c2ccccc2)cc1. The van der Waals surface area contributed by atoms with E-state index in [1.807, 2.05) is 6.07 Å². The molecule has 1 fully saturated rings. The van der Waals surface area contributed by atoms with E-state index in [1.54, 1.807) is 0 Å². The Bertz CT molecular complexity index is 671. The van der Waals surface area contributed by atoms with Crippen molar-refractivity contribution < 1.29 is 0 Å². The van der Waals surface area contributed by atoms with E-state index in [-0.39, 0.29) is 24.8 Å². The van der Waals surface area contributed by atoms with E-state index in [0.717, 1.165) is 13.0 Å². The van der Waals surface area contributed by atoms with Crippen LogP contribution in [0.4, 0.5) is 0 Å². The summed E-state index contributed by atoms with van der Waals surface area (Å²) in [4.78, 5) is 2.54. The molecule has 28 heavy (non-hydrogen) atoms. The summed E-state index contributed by atoms with van der Waals surface area (Å²) in [5, 5.41) is 14.3. The van der Waals surface area contributed by atoms with Crippen LogP contribution < -0.4 is 10.6 Å². The molecule has 0 amide bonds. The summed E-state index contributed by atoms with van der Waals surface area (Å²) in [7, 11) is 0. The zero-order valence-electron chi connectivity index (χ0n) is 16.3. The summed E-state index contributed by atoms with van der Waals surface area (Å²) in [6, 6.07) is 18.9. The van der Waals surface area contributed by atoms with Gasteiger partial charge in [0.2, 0.25) is 0 Å². The second-order valence-corrected chi connectivity index (χ2v) is 6.97. The van der Waals surface area contributed by atoms with Crippen LogP contribution in [0.1, 0.15) is 31.2 Å². The van der Waals surface area contributed by atoms with Gasteiger partial charge < -0.3 is 15.5 Å². The van der Waals surface area contributed by atoms with Crippen LogP contribution in [0.3, 0.4) is 0 Å². The average Bonchev–Trinajstić information content (AvgIpc) is 3.21. The number of nitrogens with one attached hydrogen (secondary N) is 3. The Hall–Kier alpha value is -1.75. The van der Waals surface area contributed by atoms with Crippen LogP contribution in [0.25, 0.3) is 11.1 Å². The minimum Gasteiger partial charge on any atom is -0.357 e. The first-order chi connectivity index (χ1) is 12.8. The van der Waals surface area contributed by atoms with Gasteiger partial charge in [-0.2, -0.15) is 0 Å². The van der Waals surface area contributed by atoms with Gasteiger partial charge in [-0.1, -0.05) is 54.6 Å². The Labute approximate surface area is 181 Å². The first-order valence-electron chi connectivity index (χ1n) is 9.74. The molecule has 3 rings (SSSR count). The van der Waals surface area contributed by atoms with E-state index >= 15 is 0 Å². The van der Waals surface area contributed by atoms with E-state index in [4.69, 9.17) is 5.41 Å². The molecule has 154 valence electrons. The number of rotatable bonds is 8. The molecule has 0 aromatic heterocycles. The third-order valence-corrected chi connectivity index (χ3v) is 4.93. The first kappa shape index (κ1) is 24.3. The number of likely N-dealkylation sites (tertiary alicyclic amines) is 1. The summed E-state index contributed by atoms with van der Waals surface area (Å²) < 4.78 is 0. The quantitative estimate of drug-likeness (QED) is 0.328. The number of hydrogen-bond donors (Lipinski definition) is 3. The van der Waals surface area contributed by atoms with Crippen LogP contribution in [0, 0.1) is 5.41 Å². The summed E-state index contributed by atoms with van der Waals surface area (Å²) in [6.45, 7) is 5.29. The van der Waals surface area contributed by atoms with Crippen molar-refractivity contribution in [3.05, 3.63) is 60.2 Å². The number of nitrogens with zero attached hydrogens (tertiary/aromatic N) is 1. The van der Waals surface area contributed by atoms with Gasteiger partial charge in [0.25, 0.3) is 0 Å². The van der Waals surface area contributed by atoms with Gasteiger partial charge in [-0.05, 0) is 62.0 Å². The second kappa shape index (κ2) is 13.4. The molecule has 1 heterocycles. The lowest BCUT2D eigenvalue weighted by Gasteiger charge is -2.14. The molecule has 0 bridgehead atoms. The highest BCUT2D eigenvalue weighted by atomic mass is 35.5. The minimum atomic E-state index is 0. The highest BCUT2D eigenvalue weighted by Gasteiger charge is 2.09. The predicted molar refractivity (Wildman–Crippen MR) is 124 cm³/mol. The molecule has 1 saturated heterocycles. The van der Waals surface area contributed by atoms with Crippen molar-refractivity contribution in [2.45, 2.75) is 32.2 Å². The van der Waals surface area contributed by atoms with Gasteiger partial charge in [-0.3, -0.25) is 5.41 Å². The Morgan fingerprint density at radius 2 is 1.46 bits per heavy atom. The zero-order valence-corrected chi connectivity index (χ0v) is 18.0. The van der Waals surface area contributed by atoms with Gasteiger partial charge in [-0.25, -0.2) is 0 Å². The lowest BCUT2D eigenvalue weighted by atomic mass is 10.0. The Kier molecular flexibility index (Phi) is 11.7. The summed E-state index contributed by atoms with van der Waals surface area (Å²) in [6.07, 6.45) is 5.05. The van der Waals surface area contributed by atoms with Gasteiger partial charge in [0.15, 0.2) is 5.96 Å². The Morgan fingerprint density at radius 3 is 2.14 bits per heavy atom. The van der Waals surface area contributed by atoms with Crippen LogP contribution in [-0.4, -0.2) is 37.0 Å². The number of unbranched alkanes of at least 4 members (excludes halogenated alkanes) is 1. The molecule has 3 N–H and O–H groups in total. The third-order valence-electron chi connectivity index (χ3n) is 4.93. The lowest BCUT2D eigenvalue weighted by molar-refractivity contribution is 0.330. The van der Waals surface area contributed by atoms with Crippen LogP contribution in [0.5, 0.6) is 0 Å². The highest BCUT2D eigenvalue weighted by molar-refractivity contribution is 5.85. The molecule has 4 nitrogen and oxygen atoms in total. The molecule has 0 saturated carbocycles. The van der Waals surface area contributed by atoms with Crippen molar-refractivity contribution in [3.63, 3.8) is 0 Å². The fraction of sp³-hybridized carbons (Fsp3) is 0.409. The maximum Gasteiger partial charge on any atom is 0.188 e. The van der Waals surface area contributed by atoms with E-state index in [0.29, 0.717) is 12.5 Å². The van der Waals surface area contributed by atoms with Gasteiger partial charge >= 0.3 is 0 Å². The fourth-order valence-electron chi connectivity index (χ4n) is 3.38. The van der Waals surface area contributed by atoms with Crippen molar-refractivity contribution in [2.75, 3.05) is 26.2 Å². The van der Waals surface area contributed by atoms with Gasteiger partial charge in [0, 0.05) is 13.1 Å². The molecule has 2 aromatic rings. The standard InChI is InChI=1S/C22H30N4.2ClH/c23-22(24-14-4-5-15-26-16-6-7-17-26)25-18-19-10-12-21(13-11-19)20-8-2-1-3-9-20;;/h1-3,8-13H,4-7,14-18H2,(H3,23,24,25);2*1H.